The third-order valence-electron chi connectivity index (χ3n) is 2.34. The zero-order valence-electron chi connectivity index (χ0n) is 9.99. The van der Waals surface area contributed by atoms with Crippen molar-refractivity contribution < 1.29 is 14.7 Å². The molecule has 1 unspecified atom stereocenters. The van der Waals surface area contributed by atoms with E-state index in [4.69, 9.17) is 5.11 Å². The van der Waals surface area contributed by atoms with Crippen LogP contribution in [0.25, 0.3) is 0 Å². The van der Waals surface area contributed by atoms with Crippen LogP contribution in [0.2, 0.25) is 0 Å². The summed E-state index contributed by atoms with van der Waals surface area (Å²) in [5.74, 6) is -1.05. The molecule has 1 atom stereocenters. The van der Waals surface area contributed by atoms with E-state index in [2.05, 4.69) is 15.5 Å². The van der Waals surface area contributed by atoms with Crippen molar-refractivity contribution in [2.75, 3.05) is 0 Å². The number of aromatic amines is 1. The van der Waals surface area contributed by atoms with Crippen LogP contribution >= 0.6 is 0 Å². The highest BCUT2D eigenvalue weighted by Gasteiger charge is 2.12. The fourth-order valence-electron chi connectivity index (χ4n) is 1.46. The minimum atomic E-state index is -0.813. The maximum absolute atomic E-state index is 11.7. The average molecular weight is 239 g/mol. The zero-order valence-corrected chi connectivity index (χ0v) is 9.99. The fourth-order valence-corrected chi connectivity index (χ4v) is 1.46. The lowest BCUT2D eigenvalue weighted by atomic mass is 10.1. The number of rotatable bonds is 6. The van der Waals surface area contributed by atoms with Crippen LogP contribution in [-0.4, -0.2) is 33.2 Å². The molecule has 3 N–H and O–H groups in total. The quantitative estimate of drug-likeness (QED) is 0.692. The van der Waals surface area contributed by atoms with Crippen LogP contribution in [0.4, 0.5) is 0 Å². The summed E-state index contributed by atoms with van der Waals surface area (Å²) in [7, 11) is 0. The van der Waals surface area contributed by atoms with Crippen LogP contribution in [0.1, 0.15) is 42.4 Å². The van der Waals surface area contributed by atoms with Gasteiger partial charge in [-0.2, -0.15) is 5.10 Å². The number of aliphatic carboxylic acids is 1. The van der Waals surface area contributed by atoms with Gasteiger partial charge < -0.3 is 10.4 Å². The van der Waals surface area contributed by atoms with Crippen LogP contribution in [0, 0.1) is 6.92 Å². The second-order valence-electron chi connectivity index (χ2n) is 4.10. The molecular weight excluding hydrogens is 222 g/mol. The molecule has 0 saturated carbocycles. The Morgan fingerprint density at radius 3 is 2.82 bits per heavy atom. The van der Waals surface area contributed by atoms with Gasteiger partial charge in [-0.25, -0.2) is 0 Å². The van der Waals surface area contributed by atoms with Gasteiger partial charge >= 0.3 is 5.97 Å². The van der Waals surface area contributed by atoms with Crippen molar-refractivity contribution in [3.05, 3.63) is 17.5 Å². The molecule has 1 amide bonds. The third-order valence-corrected chi connectivity index (χ3v) is 2.34. The van der Waals surface area contributed by atoms with Gasteiger partial charge in [-0.15, -0.1) is 0 Å². The number of carbonyl (C=O) groups excluding carboxylic acids is 1. The van der Waals surface area contributed by atoms with Gasteiger partial charge in [0.1, 0.15) is 5.69 Å². The molecule has 94 valence electrons. The van der Waals surface area contributed by atoms with E-state index in [-0.39, 0.29) is 18.4 Å². The molecule has 0 aromatic carbocycles. The Morgan fingerprint density at radius 1 is 1.59 bits per heavy atom. The molecule has 1 heterocycles. The molecule has 0 aliphatic heterocycles. The maximum atomic E-state index is 11.7. The first-order chi connectivity index (χ1) is 7.99. The third kappa shape index (κ3) is 4.67. The van der Waals surface area contributed by atoms with Gasteiger partial charge in [0, 0.05) is 18.2 Å². The topological polar surface area (TPSA) is 95.1 Å². The predicted octanol–water partition coefficient (Wildman–Crippen LogP) is 1.09. The number of aryl methyl sites for hydroxylation is 1. The lowest BCUT2D eigenvalue weighted by Gasteiger charge is -2.11. The summed E-state index contributed by atoms with van der Waals surface area (Å²) < 4.78 is 0. The molecule has 1 aromatic heterocycles. The van der Waals surface area contributed by atoms with Gasteiger partial charge in [-0.3, -0.25) is 14.7 Å². The normalized spacial score (nSPS) is 12.1. The van der Waals surface area contributed by atoms with Crippen LogP contribution in [0.15, 0.2) is 6.07 Å². The van der Waals surface area contributed by atoms with Crippen molar-refractivity contribution in [2.45, 2.75) is 39.2 Å². The number of hydrogen-bond acceptors (Lipinski definition) is 3. The summed E-state index contributed by atoms with van der Waals surface area (Å²) in [4.78, 5) is 22.0. The molecule has 0 saturated heterocycles. The van der Waals surface area contributed by atoms with Crippen LogP contribution < -0.4 is 5.32 Å². The summed E-state index contributed by atoms with van der Waals surface area (Å²) >= 11 is 0. The predicted molar refractivity (Wildman–Crippen MR) is 61.7 cm³/mol. The van der Waals surface area contributed by atoms with E-state index in [1.807, 2.05) is 13.8 Å². The zero-order chi connectivity index (χ0) is 12.8. The molecule has 1 aromatic rings. The van der Waals surface area contributed by atoms with Crippen molar-refractivity contribution in [3.63, 3.8) is 0 Å². The van der Waals surface area contributed by atoms with E-state index in [1.165, 1.54) is 0 Å². The summed E-state index contributed by atoms with van der Waals surface area (Å²) in [6.07, 6.45) is 1.32. The Balaban J connectivity index is 2.33. The molecular formula is C11H17N3O3. The second-order valence-corrected chi connectivity index (χ2v) is 4.10. The summed E-state index contributed by atoms with van der Waals surface area (Å²) in [6, 6.07) is 1.61. The Kier molecular flexibility index (Phi) is 4.68. The first-order valence-corrected chi connectivity index (χ1v) is 5.53. The lowest BCUT2D eigenvalue weighted by molar-refractivity contribution is -0.137. The van der Waals surface area contributed by atoms with Crippen molar-refractivity contribution in [1.82, 2.24) is 15.5 Å². The van der Waals surface area contributed by atoms with Gasteiger partial charge in [0.05, 0.1) is 0 Å². The molecule has 17 heavy (non-hydrogen) atoms. The Hall–Kier alpha value is -1.85. The first kappa shape index (κ1) is 13.2. The maximum Gasteiger partial charge on any atom is 0.303 e. The van der Waals surface area contributed by atoms with E-state index in [0.717, 1.165) is 5.69 Å². The molecule has 0 bridgehead atoms. The molecule has 0 spiro atoms. The van der Waals surface area contributed by atoms with Crippen LogP contribution in [0.3, 0.4) is 0 Å². The van der Waals surface area contributed by atoms with E-state index in [0.29, 0.717) is 18.5 Å². The fraction of sp³-hybridized carbons (Fsp3) is 0.545. The molecule has 0 aliphatic carbocycles. The number of amides is 1. The molecule has 1 rings (SSSR count). The number of nitrogens with one attached hydrogen (secondary N) is 2. The average Bonchev–Trinajstić information content (AvgIpc) is 2.64. The largest absolute Gasteiger partial charge is 0.481 e. The van der Waals surface area contributed by atoms with E-state index in [9.17, 15) is 9.59 Å². The number of aromatic nitrogens is 2. The van der Waals surface area contributed by atoms with Crippen molar-refractivity contribution in [3.8, 4) is 0 Å². The van der Waals surface area contributed by atoms with Gasteiger partial charge in [-0.05, 0) is 32.8 Å². The monoisotopic (exact) mass is 239 g/mol. The van der Waals surface area contributed by atoms with E-state index < -0.39 is 5.97 Å². The number of hydrogen-bond donors (Lipinski definition) is 3. The number of carboxylic acid groups (broad SMARTS) is 1. The molecule has 6 heteroatoms. The van der Waals surface area contributed by atoms with Gasteiger partial charge in [-0.1, -0.05) is 0 Å². The van der Waals surface area contributed by atoms with Crippen molar-refractivity contribution in [2.24, 2.45) is 0 Å². The smallest absolute Gasteiger partial charge is 0.303 e. The Labute approximate surface area is 99.4 Å². The van der Waals surface area contributed by atoms with Crippen LogP contribution in [-0.2, 0) is 4.79 Å². The second kappa shape index (κ2) is 6.03. The Morgan fingerprint density at radius 2 is 2.29 bits per heavy atom. The lowest BCUT2D eigenvalue weighted by Crippen LogP contribution is -2.32. The minimum absolute atomic E-state index is 0.0566. The number of nitrogens with zero attached hydrogens (tertiary/aromatic N) is 1. The highest BCUT2D eigenvalue weighted by molar-refractivity contribution is 5.92. The SMILES string of the molecule is Cc1cc(C(=O)NC(C)CCCC(=O)O)n[nH]1. The van der Waals surface area contributed by atoms with E-state index >= 15 is 0 Å². The summed E-state index contributed by atoms with van der Waals surface area (Å²) in [5.41, 5.74) is 1.18. The van der Waals surface area contributed by atoms with Crippen molar-refractivity contribution >= 4 is 11.9 Å². The van der Waals surface area contributed by atoms with Crippen LogP contribution in [0.5, 0.6) is 0 Å². The minimum Gasteiger partial charge on any atom is -0.481 e. The van der Waals surface area contributed by atoms with E-state index in [1.54, 1.807) is 6.07 Å². The Bertz CT molecular complexity index is 400. The number of H-pyrrole nitrogens is 1. The van der Waals surface area contributed by atoms with Gasteiger partial charge in [0.25, 0.3) is 5.91 Å². The number of carbonyl (C=O) groups is 2. The molecule has 0 fully saturated rings. The first-order valence-electron chi connectivity index (χ1n) is 5.53. The molecule has 0 radical (unpaired) electrons. The summed E-state index contributed by atoms with van der Waals surface area (Å²) in [5, 5.41) is 17.8. The van der Waals surface area contributed by atoms with Gasteiger partial charge in [0.2, 0.25) is 0 Å². The molecule has 0 aliphatic rings. The number of carboxylic acids is 1. The highest BCUT2D eigenvalue weighted by atomic mass is 16.4. The highest BCUT2D eigenvalue weighted by Crippen LogP contribution is 2.03. The standard InChI is InChI=1S/C11H17N3O3/c1-7(4-3-5-10(15)16)12-11(17)9-6-8(2)13-14-9/h6-7H,3-5H2,1-2H3,(H,12,17)(H,13,14)(H,15,16). The van der Waals surface area contributed by atoms with Gasteiger partial charge in [0.15, 0.2) is 0 Å². The summed E-state index contributed by atoms with van der Waals surface area (Å²) in [6.45, 7) is 3.67. The van der Waals surface area contributed by atoms with Crippen molar-refractivity contribution in [1.29, 1.82) is 0 Å². The molecule has 6 nitrogen and oxygen atoms in total.